The van der Waals surface area contributed by atoms with Crippen LogP contribution in [0.2, 0.25) is 0 Å². The summed E-state index contributed by atoms with van der Waals surface area (Å²) in [6.07, 6.45) is 0. The fourth-order valence-electron chi connectivity index (χ4n) is 0.780. The fourth-order valence-corrected chi connectivity index (χ4v) is 1.56. The largest absolute Gasteiger partial charge is 0.345 e. The first kappa shape index (κ1) is 7.83. The van der Waals surface area contributed by atoms with Crippen LogP contribution in [0.25, 0.3) is 0 Å². The summed E-state index contributed by atoms with van der Waals surface area (Å²) in [5.41, 5.74) is 0. The molecule has 3 heteroatoms. The van der Waals surface area contributed by atoms with Gasteiger partial charge in [-0.05, 0) is 18.0 Å². The van der Waals surface area contributed by atoms with E-state index < -0.39 is 0 Å². The molecule has 1 aromatic heterocycles. The number of nitrogens with zero attached hydrogens (tertiary/aromatic N) is 1. The van der Waals surface area contributed by atoms with Crippen molar-refractivity contribution in [3.8, 4) is 0 Å². The lowest BCUT2D eigenvalue weighted by atomic mass is 10.3. The molecule has 0 saturated heterocycles. The lowest BCUT2D eigenvalue weighted by Crippen LogP contribution is -2.17. The van der Waals surface area contributed by atoms with Crippen molar-refractivity contribution >= 4 is 19.3 Å². The Bertz CT molecular complexity index is 174. The van der Waals surface area contributed by atoms with E-state index in [1.807, 2.05) is 11.3 Å². The second-order valence-electron chi connectivity index (χ2n) is 2.41. The Balaban J connectivity index is 2.40. The molecule has 0 amide bonds. The van der Waals surface area contributed by atoms with Crippen LogP contribution in [0.5, 0.6) is 0 Å². The standard InChI is InChI=1S/C7H12BNS/c1-2-9(8)6-7-4-3-5-10-7/h3-5H,2,6,8H2,1H3. The van der Waals surface area contributed by atoms with Gasteiger partial charge in [0.2, 0.25) is 0 Å². The SMILES string of the molecule is BN(CC)Cc1cccs1. The second-order valence-corrected chi connectivity index (χ2v) is 3.44. The summed E-state index contributed by atoms with van der Waals surface area (Å²) in [6.45, 7) is 4.39. The molecule has 1 nitrogen and oxygen atoms in total. The van der Waals surface area contributed by atoms with Gasteiger partial charge >= 0.3 is 0 Å². The summed E-state index contributed by atoms with van der Waals surface area (Å²) >= 11 is 1.82. The van der Waals surface area contributed by atoms with Crippen molar-refractivity contribution < 1.29 is 0 Å². The summed E-state index contributed by atoms with van der Waals surface area (Å²) in [5, 5.41) is 2.12. The summed E-state index contributed by atoms with van der Waals surface area (Å²) in [5.74, 6) is 0. The van der Waals surface area contributed by atoms with Crippen molar-refractivity contribution in [2.24, 2.45) is 0 Å². The van der Waals surface area contributed by atoms with Gasteiger partial charge < -0.3 is 4.81 Å². The van der Waals surface area contributed by atoms with Crippen LogP contribution in [0, 0.1) is 0 Å². The predicted octanol–water partition coefficient (Wildman–Crippen LogP) is 1.12. The van der Waals surface area contributed by atoms with Crippen molar-refractivity contribution in [2.75, 3.05) is 6.54 Å². The topological polar surface area (TPSA) is 3.24 Å². The Labute approximate surface area is 67.1 Å². The third-order valence-electron chi connectivity index (χ3n) is 1.55. The van der Waals surface area contributed by atoms with Crippen LogP contribution in [-0.4, -0.2) is 19.3 Å². The zero-order valence-electron chi connectivity index (χ0n) is 6.50. The molecule has 0 aliphatic heterocycles. The third-order valence-corrected chi connectivity index (χ3v) is 2.41. The van der Waals surface area contributed by atoms with Crippen molar-refractivity contribution in [1.82, 2.24) is 4.81 Å². The molecule has 1 heterocycles. The Morgan fingerprint density at radius 1 is 1.70 bits per heavy atom. The van der Waals surface area contributed by atoms with Crippen molar-refractivity contribution in [1.29, 1.82) is 0 Å². The van der Waals surface area contributed by atoms with Crippen molar-refractivity contribution in [2.45, 2.75) is 13.5 Å². The van der Waals surface area contributed by atoms with E-state index in [4.69, 9.17) is 0 Å². The lowest BCUT2D eigenvalue weighted by Gasteiger charge is -2.11. The Morgan fingerprint density at radius 3 is 3.00 bits per heavy atom. The first-order valence-electron chi connectivity index (χ1n) is 3.54. The quantitative estimate of drug-likeness (QED) is 0.588. The minimum Gasteiger partial charge on any atom is -0.345 e. The Kier molecular flexibility index (Phi) is 2.96. The summed E-state index contributed by atoms with van der Waals surface area (Å²) in [7, 11) is 2.14. The summed E-state index contributed by atoms with van der Waals surface area (Å²) in [6, 6.07) is 4.28. The minimum atomic E-state index is 1.09. The number of thiophene rings is 1. The van der Waals surface area contributed by atoms with Gasteiger partial charge in [0.05, 0.1) is 0 Å². The van der Waals surface area contributed by atoms with Gasteiger partial charge in [-0.25, -0.2) is 0 Å². The maximum absolute atomic E-state index is 2.30. The number of hydrogen-bond donors (Lipinski definition) is 0. The highest BCUT2D eigenvalue weighted by molar-refractivity contribution is 7.09. The van der Waals surface area contributed by atoms with Gasteiger partial charge in [0.1, 0.15) is 0 Å². The van der Waals surface area contributed by atoms with Crippen LogP contribution in [0.1, 0.15) is 11.8 Å². The molecule has 0 N–H and O–H groups in total. The van der Waals surface area contributed by atoms with Crippen LogP contribution in [0.3, 0.4) is 0 Å². The van der Waals surface area contributed by atoms with E-state index in [-0.39, 0.29) is 0 Å². The Hall–Kier alpha value is -0.275. The van der Waals surface area contributed by atoms with Gasteiger partial charge in [-0.3, -0.25) is 0 Å². The van der Waals surface area contributed by atoms with E-state index in [0.29, 0.717) is 0 Å². The van der Waals surface area contributed by atoms with E-state index in [0.717, 1.165) is 13.1 Å². The molecule has 0 unspecified atom stereocenters. The number of rotatable bonds is 3. The molecular formula is C7H12BNS. The molecule has 54 valence electrons. The first-order chi connectivity index (χ1) is 4.83. The van der Waals surface area contributed by atoms with Gasteiger partial charge in [0.25, 0.3) is 0 Å². The smallest absolute Gasteiger partial charge is 0.185 e. The predicted molar refractivity (Wildman–Crippen MR) is 48.9 cm³/mol. The molecule has 0 atom stereocenters. The van der Waals surface area contributed by atoms with Crippen LogP contribution < -0.4 is 0 Å². The lowest BCUT2D eigenvalue weighted by molar-refractivity contribution is 0.478. The molecule has 10 heavy (non-hydrogen) atoms. The molecule has 0 spiro atoms. The van der Waals surface area contributed by atoms with Gasteiger partial charge in [-0.1, -0.05) is 13.0 Å². The van der Waals surface area contributed by atoms with E-state index in [1.54, 1.807) is 0 Å². The van der Waals surface area contributed by atoms with Crippen LogP contribution in [-0.2, 0) is 6.54 Å². The average Bonchev–Trinajstić information content (AvgIpc) is 2.40. The maximum atomic E-state index is 2.30. The van der Waals surface area contributed by atoms with Gasteiger partial charge in [-0.15, -0.1) is 11.3 Å². The zero-order valence-corrected chi connectivity index (χ0v) is 7.32. The molecule has 0 radical (unpaired) electrons. The fraction of sp³-hybridized carbons (Fsp3) is 0.429. The maximum Gasteiger partial charge on any atom is 0.185 e. The van der Waals surface area contributed by atoms with Crippen molar-refractivity contribution in [3.63, 3.8) is 0 Å². The minimum absolute atomic E-state index is 1.09. The highest BCUT2D eigenvalue weighted by atomic mass is 32.1. The molecule has 0 fully saturated rings. The summed E-state index contributed by atoms with van der Waals surface area (Å²) in [4.78, 5) is 3.75. The normalized spacial score (nSPS) is 10.6. The van der Waals surface area contributed by atoms with E-state index in [9.17, 15) is 0 Å². The monoisotopic (exact) mass is 153 g/mol. The number of hydrogen-bond acceptors (Lipinski definition) is 2. The molecule has 0 aliphatic rings. The highest BCUT2D eigenvalue weighted by Crippen LogP contribution is 2.09. The highest BCUT2D eigenvalue weighted by Gasteiger charge is 1.96. The van der Waals surface area contributed by atoms with E-state index in [1.165, 1.54) is 4.88 Å². The molecule has 1 rings (SSSR count). The van der Waals surface area contributed by atoms with Gasteiger partial charge in [0, 0.05) is 11.4 Å². The molecule has 0 aliphatic carbocycles. The van der Waals surface area contributed by atoms with Crippen LogP contribution >= 0.6 is 11.3 Å². The first-order valence-corrected chi connectivity index (χ1v) is 4.42. The van der Waals surface area contributed by atoms with Gasteiger partial charge in [0.15, 0.2) is 7.98 Å². The van der Waals surface area contributed by atoms with Crippen molar-refractivity contribution in [3.05, 3.63) is 22.4 Å². The molecule has 0 aromatic carbocycles. The Morgan fingerprint density at radius 2 is 2.50 bits per heavy atom. The average molecular weight is 153 g/mol. The van der Waals surface area contributed by atoms with Gasteiger partial charge in [-0.2, -0.15) is 0 Å². The molecule has 0 bridgehead atoms. The van der Waals surface area contributed by atoms with E-state index >= 15 is 0 Å². The molecule has 1 aromatic rings. The second kappa shape index (κ2) is 3.79. The molecular weight excluding hydrogens is 141 g/mol. The summed E-state index contributed by atoms with van der Waals surface area (Å²) < 4.78 is 0. The van der Waals surface area contributed by atoms with Crippen LogP contribution in [0.4, 0.5) is 0 Å². The van der Waals surface area contributed by atoms with E-state index in [2.05, 4.69) is 37.2 Å². The third kappa shape index (κ3) is 2.16. The molecule has 0 saturated carbocycles. The van der Waals surface area contributed by atoms with Crippen LogP contribution in [0.15, 0.2) is 17.5 Å². The zero-order chi connectivity index (χ0) is 7.40.